The normalized spacial score (nSPS) is 18.9. The summed E-state index contributed by atoms with van der Waals surface area (Å²) in [7, 11) is 0. The van der Waals surface area contributed by atoms with Crippen molar-refractivity contribution in [2.24, 2.45) is 0 Å². The molecule has 138 valence electrons. The summed E-state index contributed by atoms with van der Waals surface area (Å²) in [6.45, 7) is 1.97. The summed E-state index contributed by atoms with van der Waals surface area (Å²) >= 11 is 5.67. The Balaban J connectivity index is 1.84. The maximum Gasteiger partial charge on any atom is 0.195 e. The summed E-state index contributed by atoms with van der Waals surface area (Å²) in [6.07, 6.45) is 1.57. The number of ketones is 1. The van der Waals surface area contributed by atoms with E-state index in [1.54, 1.807) is 23.1 Å². The highest BCUT2D eigenvalue weighted by Gasteiger charge is 2.45. The first-order chi connectivity index (χ1) is 13.5. The lowest BCUT2D eigenvalue weighted by molar-refractivity contribution is 0.100. The molecule has 0 saturated carbocycles. The van der Waals surface area contributed by atoms with Crippen LogP contribution in [0.4, 0.5) is 5.69 Å². The number of rotatable bonds is 4. The number of aryl methyl sites for hydroxylation is 1. The minimum Gasteiger partial charge on any atom is -0.363 e. The van der Waals surface area contributed by atoms with Gasteiger partial charge in [-0.3, -0.25) is 9.69 Å². The molecule has 0 radical (unpaired) electrons. The summed E-state index contributed by atoms with van der Waals surface area (Å²) < 4.78 is 0. The molecule has 1 aliphatic rings. The Morgan fingerprint density at radius 3 is 2.07 bits per heavy atom. The number of hydrogen-bond donors (Lipinski definition) is 1. The molecule has 1 aliphatic heterocycles. The van der Waals surface area contributed by atoms with E-state index in [4.69, 9.17) is 12.2 Å². The Morgan fingerprint density at radius 2 is 1.46 bits per heavy atom. The fraction of sp³-hybridized carbons (Fsp3) is 0.0833. The highest BCUT2D eigenvalue weighted by molar-refractivity contribution is 7.81. The SMILES string of the molecule is Cc1ccc(C(=O)C2=CC(O)(c3ccccc3)N(c3ccccc3)C2=S)cc1. The molecule has 1 atom stereocenters. The number of aliphatic hydroxyl groups is 1. The lowest BCUT2D eigenvalue weighted by Gasteiger charge is -2.35. The monoisotopic (exact) mass is 385 g/mol. The summed E-state index contributed by atoms with van der Waals surface area (Å²) in [6, 6.07) is 26.0. The zero-order chi connectivity index (χ0) is 19.7. The number of Topliss-reactive ketones (excluding diaryl/α,β-unsaturated/α-hetero) is 1. The van der Waals surface area contributed by atoms with Gasteiger partial charge in [0.05, 0.1) is 5.57 Å². The van der Waals surface area contributed by atoms with E-state index in [2.05, 4.69) is 0 Å². The molecule has 0 aromatic heterocycles. The zero-order valence-corrected chi connectivity index (χ0v) is 16.2. The zero-order valence-electron chi connectivity index (χ0n) is 15.4. The number of benzene rings is 3. The minimum atomic E-state index is -1.53. The first-order valence-electron chi connectivity index (χ1n) is 9.02. The predicted octanol–water partition coefficient (Wildman–Crippen LogP) is 4.80. The van der Waals surface area contributed by atoms with Gasteiger partial charge in [-0.05, 0) is 25.1 Å². The van der Waals surface area contributed by atoms with Crippen molar-refractivity contribution in [3.05, 3.63) is 113 Å². The van der Waals surface area contributed by atoms with Crippen LogP contribution in [-0.2, 0) is 5.72 Å². The second-order valence-corrected chi connectivity index (χ2v) is 7.21. The largest absolute Gasteiger partial charge is 0.363 e. The lowest BCUT2D eigenvalue weighted by atomic mass is 9.99. The third-order valence-electron chi connectivity index (χ3n) is 4.89. The molecule has 4 heteroatoms. The van der Waals surface area contributed by atoms with E-state index in [0.717, 1.165) is 11.3 Å². The van der Waals surface area contributed by atoms with Gasteiger partial charge in [0.25, 0.3) is 0 Å². The predicted molar refractivity (Wildman–Crippen MR) is 115 cm³/mol. The molecule has 3 aromatic carbocycles. The maximum absolute atomic E-state index is 13.2. The molecule has 1 unspecified atom stereocenters. The van der Waals surface area contributed by atoms with Crippen LogP contribution in [0.5, 0.6) is 0 Å². The number of carbonyl (C=O) groups excluding carboxylic acids is 1. The third-order valence-corrected chi connectivity index (χ3v) is 5.29. The molecular weight excluding hydrogens is 366 g/mol. The Hall–Kier alpha value is -3.08. The Bertz CT molecular complexity index is 1060. The van der Waals surface area contributed by atoms with E-state index in [1.807, 2.05) is 79.7 Å². The van der Waals surface area contributed by atoms with Gasteiger partial charge in [0.2, 0.25) is 0 Å². The first-order valence-corrected chi connectivity index (χ1v) is 9.43. The Labute approximate surface area is 169 Å². The van der Waals surface area contributed by atoms with E-state index in [0.29, 0.717) is 21.7 Å². The number of hydrogen-bond acceptors (Lipinski definition) is 3. The third kappa shape index (κ3) is 3.07. The van der Waals surface area contributed by atoms with Crippen molar-refractivity contribution in [2.75, 3.05) is 4.90 Å². The van der Waals surface area contributed by atoms with Crippen molar-refractivity contribution in [2.45, 2.75) is 12.6 Å². The second-order valence-electron chi connectivity index (χ2n) is 6.82. The van der Waals surface area contributed by atoms with Gasteiger partial charge in [-0.2, -0.15) is 0 Å². The maximum atomic E-state index is 13.2. The summed E-state index contributed by atoms with van der Waals surface area (Å²) in [4.78, 5) is 15.1. The van der Waals surface area contributed by atoms with Gasteiger partial charge >= 0.3 is 0 Å². The fourth-order valence-electron chi connectivity index (χ4n) is 3.41. The molecule has 0 bridgehead atoms. The minimum absolute atomic E-state index is 0.196. The van der Waals surface area contributed by atoms with Crippen LogP contribution in [0, 0.1) is 6.92 Å². The van der Waals surface area contributed by atoms with Crippen molar-refractivity contribution in [3.63, 3.8) is 0 Å². The number of thiocarbonyl (C=S) groups is 1. The van der Waals surface area contributed by atoms with Crippen molar-refractivity contribution in [1.29, 1.82) is 0 Å². The van der Waals surface area contributed by atoms with Crippen molar-refractivity contribution < 1.29 is 9.90 Å². The van der Waals surface area contributed by atoms with Gasteiger partial charge < -0.3 is 5.11 Å². The first kappa shape index (κ1) is 18.3. The van der Waals surface area contributed by atoms with E-state index < -0.39 is 5.72 Å². The van der Waals surface area contributed by atoms with Gasteiger partial charge in [0, 0.05) is 16.8 Å². The van der Waals surface area contributed by atoms with E-state index in [1.165, 1.54) is 0 Å². The quantitative estimate of drug-likeness (QED) is 0.517. The summed E-state index contributed by atoms with van der Waals surface area (Å²) in [5, 5.41) is 11.7. The molecule has 3 aromatic rings. The van der Waals surface area contributed by atoms with Crippen LogP contribution in [0.3, 0.4) is 0 Å². The molecule has 4 rings (SSSR count). The van der Waals surface area contributed by atoms with Crippen molar-refractivity contribution in [3.8, 4) is 0 Å². The van der Waals surface area contributed by atoms with Crippen molar-refractivity contribution >= 4 is 28.7 Å². The van der Waals surface area contributed by atoms with Crippen LogP contribution in [0.1, 0.15) is 21.5 Å². The Kier molecular flexibility index (Phi) is 4.67. The fourth-order valence-corrected chi connectivity index (χ4v) is 3.81. The molecule has 1 heterocycles. The molecule has 28 heavy (non-hydrogen) atoms. The van der Waals surface area contributed by atoms with Crippen LogP contribution in [0.2, 0.25) is 0 Å². The van der Waals surface area contributed by atoms with Crippen LogP contribution in [0.25, 0.3) is 0 Å². The van der Waals surface area contributed by atoms with Gasteiger partial charge in [-0.25, -0.2) is 0 Å². The summed E-state index contributed by atoms with van der Waals surface area (Å²) in [5.41, 5.74) is 1.79. The van der Waals surface area contributed by atoms with Crippen LogP contribution in [0.15, 0.2) is 96.6 Å². The van der Waals surface area contributed by atoms with E-state index in [9.17, 15) is 9.90 Å². The molecule has 1 N–H and O–H groups in total. The van der Waals surface area contributed by atoms with Crippen molar-refractivity contribution in [1.82, 2.24) is 0 Å². The van der Waals surface area contributed by atoms with Gasteiger partial charge in [-0.1, -0.05) is 90.6 Å². The molecule has 3 nitrogen and oxygen atoms in total. The Morgan fingerprint density at radius 1 is 0.893 bits per heavy atom. The van der Waals surface area contributed by atoms with Crippen LogP contribution < -0.4 is 4.90 Å². The molecule has 0 aliphatic carbocycles. The smallest absolute Gasteiger partial charge is 0.195 e. The van der Waals surface area contributed by atoms with E-state index >= 15 is 0 Å². The average molecular weight is 385 g/mol. The molecule has 0 amide bonds. The van der Waals surface area contributed by atoms with E-state index in [-0.39, 0.29) is 5.78 Å². The molecule has 0 saturated heterocycles. The van der Waals surface area contributed by atoms with Crippen LogP contribution >= 0.6 is 12.2 Å². The second kappa shape index (κ2) is 7.15. The standard InChI is InChI=1S/C24H19NO2S/c1-17-12-14-18(15-13-17)22(26)21-16-24(27,19-8-4-2-5-9-19)25(23(21)28)20-10-6-3-7-11-20/h2-16,27H,1H3. The number of nitrogens with zero attached hydrogens (tertiary/aromatic N) is 1. The molecule has 0 spiro atoms. The van der Waals surface area contributed by atoms with Crippen LogP contribution in [-0.4, -0.2) is 15.9 Å². The number of para-hydroxylation sites is 1. The van der Waals surface area contributed by atoms with Gasteiger partial charge in [-0.15, -0.1) is 0 Å². The number of anilines is 1. The number of carbonyl (C=O) groups is 1. The highest BCUT2D eigenvalue weighted by atomic mass is 32.1. The molecular formula is C24H19NO2S. The van der Waals surface area contributed by atoms with Gasteiger partial charge in [0.1, 0.15) is 4.99 Å². The highest BCUT2D eigenvalue weighted by Crippen LogP contribution is 2.40. The van der Waals surface area contributed by atoms with Gasteiger partial charge in [0.15, 0.2) is 11.5 Å². The topological polar surface area (TPSA) is 40.5 Å². The summed E-state index contributed by atoms with van der Waals surface area (Å²) in [5.74, 6) is -0.196. The molecule has 0 fully saturated rings. The lowest BCUT2D eigenvalue weighted by Crippen LogP contribution is -2.44. The average Bonchev–Trinajstić information content (AvgIpc) is 3.01.